The van der Waals surface area contributed by atoms with Crippen LogP contribution in [0, 0.1) is 5.92 Å². The van der Waals surface area contributed by atoms with Gasteiger partial charge in [-0.05, 0) is 52.1 Å². The van der Waals surface area contributed by atoms with Crippen LogP contribution in [0.15, 0.2) is 48.1 Å². The van der Waals surface area contributed by atoms with Gasteiger partial charge in [-0.3, -0.25) is 0 Å². The molecule has 0 aliphatic heterocycles. The lowest BCUT2D eigenvalue weighted by Gasteiger charge is -2.21. The van der Waals surface area contributed by atoms with Crippen LogP contribution in [-0.4, -0.2) is 26.2 Å². The van der Waals surface area contributed by atoms with Crippen LogP contribution < -0.4 is 10.6 Å². The summed E-state index contributed by atoms with van der Waals surface area (Å²) in [6.07, 6.45) is 1.52. The number of hydrogen-bond acceptors (Lipinski definition) is 5. The minimum atomic E-state index is -0.225. The van der Waals surface area contributed by atoms with Gasteiger partial charge >= 0.3 is 6.03 Å². The fourth-order valence-electron chi connectivity index (χ4n) is 2.32. The lowest BCUT2D eigenvalue weighted by Crippen LogP contribution is -2.34. The minimum absolute atomic E-state index is 0.00880. The van der Waals surface area contributed by atoms with Crippen molar-refractivity contribution in [2.75, 3.05) is 5.32 Å². The van der Waals surface area contributed by atoms with E-state index in [1.165, 1.54) is 6.33 Å². The van der Waals surface area contributed by atoms with Crippen molar-refractivity contribution in [2.24, 2.45) is 5.92 Å². The number of benzene rings is 1. The highest BCUT2D eigenvalue weighted by Gasteiger charge is 2.19. The number of carbonyl (C=O) groups is 1. The molecule has 3 rings (SSSR count). The molecule has 8 heteroatoms. The van der Waals surface area contributed by atoms with Gasteiger partial charge in [0.2, 0.25) is 0 Å². The molecule has 1 aromatic carbocycles. The zero-order valence-electron chi connectivity index (χ0n) is 13.4. The van der Waals surface area contributed by atoms with Gasteiger partial charge in [-0.25, -0.2) is 9.48 Å². The summed E-state index contributed by atoms with van der Waals surface area (Å²) < 4.78 is 1.55. The average Bonchev–Trinajstić information content (AvgIpc) is 3.26. The second-order valence-corrected chi connectivity index (χ2v) is 6.62. The molecule has 0 aliphatic carbocycles. The Morgan fingerprint density at radius 3 is 2.58 bits per heavy atom. The lowest BCUT2D eigenvalue weighted by molar-refractivity contribution is 0.245. The molecule has 2 aromatic heterocycles. The van der Waals surface area contributed by atoms with Crippen LogP contribution >= 0.6 is 11.3 Å². The maximum absolute atomic E-state index is 12.3. The largest absolute Gasteiger partial charge is 0.330 e. The fourth-order valence-corrected chi connectivity index (χ4v) is 3.27. The molecule has 0 aliphatic rings. The monoisotopic (exact) mass is 342 g/mol. The summed E-state index contributed by atoms with van der Waals surface area (Å²) in [5.41, 5.74) is 1.53. The molecule has 0 bridgehead atoms. The summed E-state index contributed by atoms with van der Waals surface area (Å²) in [5.74, 6) is 0.302. The molecule has 0 fully saturated rings. The number of urea groups is 1. The average molecular weight is 342 g/mol. The molecule has 2 heterocycles. The van der Waals surface area contributed by atoms with Crippen LogP contribution in [0.3, 0.4) is 0 Å². The van der Waals surface area contributed by atoms with Crippen LogP contribution in [0.5, 0.6) is 0 Å². The number of hydrogen-bond donors (Lipinski definition) is 2. The van der Waals surface area contributed by atoms with Gasteiger partial charge in [0.05, 0.1) is 11.7 Å². The standard InChI is InChI=1S/C16H18N6OS/c1-11(2)15(14-4-3-9-24-14)19-16(23)18-12-5-7-13(8-6-12)22-10-17-20-21-22/h3-11,15H,1-2H3,(H2,18,19,23)/t15-/m0/s1. The summed E-state index contributed by atoms with van der Waals surface area (Å²) in [7, 11) is 0. The van der Waals surface area contributed by atoms with Gasteiger partial charge in [0, 0.05) is 10.6 Å². The van der Waals surface area contributed by atoms with E-state index in [0.29, 0.717) is 11.6 Å². The van der Waals surface area contributed by atoms with E-state index in [4.69, 9.17) is 0 Å². The number of nitrogens with one attached hydrogen (secondary N) is 2. The number of aromatic nitrogens is 4. The van der Waals surface area contributed by atoms with Gasteiger partial charge in [-0.1, -0.05) is 19.9 Å². The molecule has 1 atom stereocenters. The molecule has 2 N–H and O–H groups in total. The summed E-state index contributed by atoms with van der Waals surface area (Å²) in [6.45, 7) is 4.18. The first-order valence-corrected chi connectivity index (χ1v) is 8.46. The Balaban J connectivity index is 1.64. The summed E-state index contributed by atoms with van der Waals surface area (Å²) in [5, 5.41) is 18.9. The Bertz CT molecular complexity index is 768. The van der Waals surface area contributed by atoms with E-state index in [1.807, 2.05) is 41.8 Å². The van der Waals surface area contributed by atoms with Crippen molar-refractivity contribution in [2.45, 2.75) is 19.9 Å². The van der Waals surface area contributed by atoms with E-state index in [0.717, 1.165) is 10.6 Å². The van der Waals surface area contributed by atoms with Crippen molar-refractivity contribution in [3.63, 3.8) is 0 Å². The van der Waals surface area contributed by atoms with Gasteiger partial charge in [0.1, 0.15) is 6.33 Å². The van der Waals surface area contributed by atoms with Crippen molar-refractivity contribution in [1.82, 2.24) is 25.5 Å². The van der Waals surface area contributed by atoms with Crippen molar-refractivity contribution < 1.29 is 4.79 Å². The van der Waals surface area contributed by atoms with E-state index >= 15 is 0 Å². The predicted molar refractivity (Wildman–Crippen MR) is 93.2 cm³/mol. The molecular formula is C16H18N6OS. The molecule has 24 heavy (non-hydrogen) atoms. The van der Waals surface area contributed by atoms with Crippen molar-refractivity contribution in [3.05, 3.63) is 53.0 Å². The molecule has 0 saturated carbocycles. The number of nitrogens with zero attached hydrogens (tertiary/aromatic N) is 4. The summed E-state index contributed by atoms with van der Waals surface area (Å²) in [6, 6.07) is 11.1. The number of rotatable bonds is 5. The van der Waals surface area contributed by atoms with Gasteiger partial charge in [0.25, 0.3) is 0 Å². The number of thiophene rings is 1. The zero-order valence-corrected chi connectivity index (χ0v) is 14.2. The van der Waals surface area contributed by atoms with E-state index in [1.54, 1.807) is 16.0 Å². The Hall–Kier alpha value is -2.74. The maximum Gasteiger partial charge on any atom is 0.319 e. The van der Waals surface area contributed by atoms with Crippen molar-refractivity contribution >= 4 is 23.1 Å². The SMILES string of the molecule is CC(C)[C@H](NC(=O)Nc1ccc(-n2cnnn2)cc1)c1cccs1. The highest BCUT2D eigenvalue weighted by molar-refractivity contribution is 7.10. The normalized spacial score (nSPS) is 12.1. The quantitative estimate of drug-likeness (QED) is 0.745. The fraction of sp³-hybridized carbons (Fsp3) is 0.250. The van der Waals surface area contributed by atoms with Crippen LogP contribution in [0.1, 0.15) is 24.8 Å². The first-order chi connectivity index (χ1) is 11.6. The summed E-state index contributed by atoms with van der Waals surface area (Å²) in [4.78, 5) is 13.4. The predicted octanol–water partition coefficient (Wildman–Crippen LogP) is 3.24. The van der Waals surface area contributed by atoms with Crippen LogP contribution in [-0.2, 0) is 0 Å². The van der Waals surface area contributed by atoms with E-state index in [2.05, 4.69) is 40.0 Å². The molecule has 0 spiro atoms. The highest BCUT2D eigenvalue weighted by atomic mass is 32.1. The van der Waals surface area contributed by atoms with Crippen molar-refractivity contribution in [3.8, 4) is 5.69 Å². The highest BCUT2D eigenvalue weighted by Crippen LogP contribution is 2.25. The van der Waals surface area contributed by atoms with Crippen LogP contribution in [0.25, 0.3) is 5.69 Å². The molecule has 3 aromatic rings. The third kappa shape index (κ3) is 3.77. The van der Waals surface area contributed by atoms with Gasteiger partial charge in [-0.2, -0.15) is 0 Å². The van der Waals surface area contributed by atoms with E-state index in [9.17, 15) is 4.79 Å². The molecule has 0 radical (unpaired) electrons. The number of anilines is 1. The summed E-state index contributed by atoms with van der Waals surface area (Å²) >= 11 is 1.64. The smallest absolute Gasteiger partial charge is 0.319 e. The molecule has 124 valence electrons. The second kappa shape index (κ2) is 7.22. The third-order valence-corrected chi connectivity index (χ3v) is 4.50. The van der Waals surface area contributed by atoms with Gasteiger partial charge in [0.15, 0.2) is 0 Å². The Morgan fingerprint density at radius 1 is 1.21 bits per heavy atom. The number of tetrazole rings is 1. The Labute approximate surface area is 143 Å². The molecule has 2 amide bonds. The lowest BCUT2D eigenvalue weighted by atomic mass is 10.0. The minimum Gasteiger partial charge on any atom is -0.330 e. The Morgan fingerprint density at radius 2 is 2.00 bits per heavy atom. The van der Waals surface area contributed by atoms with Crippen LogP contribution in [0.4, 0.5) is 10.5 Å². The number of amides is 2. The third-order valence-electron chi connectivity index (χ3n) is 3.54. The molecule has 0 unspecified atom stereocenters. The van der Waals surface area contributed by atoms with E-state index < -0.39 is 0 Å². The maximum atomic E-state index is 12.3. The molecular weight excluding hydrogens is 324 g/mol. The van der Waals surface area contributed by atoms with Crippen molar-refractivity contribution in [1.29, 1.82) is 0 Å². The molecule has 0 saturated heterocycles. The topological polar surface area (TPSA) is 84.7 Å². The van der Waals surface area contributed by atoms with Gasteiger partial charge in [-0.15, -0.1) is 16.4 Å². The van der Waals surface area contributed by atoms with Crippen LogP contribution in [0.2, 0.25) is 0 Å². The van der Waals surface area contributed by atoms with E-state index in [-0.39, 0.29) is 12.1 Å². The first kappa shape index (κ1) is 16.1. The second-order valence-electron chi connectivity index (χ2n) is 5.64. The Kier molecular flexibility index (Phi) is 4.85. The zero-order chi connectivity index (χ0) is 16.9. The number of carbonyl (C=O) groups excluding carboxylic acids is 1. The first-order valence-electron chi connectivity index (χ1n) is 7.58. The van der Waals surface area contributed by atoms with Gasteiger partial charge < -0.3 is 10.6 Å². The molecule has 7 nitrogen and oxygen atoms in total.